The van der Waals surface area contributed by atoms with E-state index in [-0.39, 0.29) is 24.0 Å². The predicted octanol–water partition coefficient (Wildman–Crippen LogP) is 1.69. The third-order valence-electron chi connectivity index (χ3n) is 2.20. The van der Waals surface area contributed by atoms with Gasteiger partial charge in [-0.1, -0.05) is 6.07 Å². The fourth-order valence-electron chi connectivity index (χ4n) is 1.29. The molecule has 0 aromatic carbocycles. The Kier molecular flexibility index (Phi) is 12.4. The summed E-state index contributed by atoms with van der Waals surface area (Å²) in [4.78, 5) is 5.43. The summed E-state index contributed by atoms with van der Waals surface area (Å²) < 4.78 is 10.2. The Morgan fingerprint density at radius 3 is 2.79 bits per heavy atom. The molecule has 0 aliphatic rings. The lowest BCUT2D eigenvalue weighted by atomic mass is 10.5. The average Bonchev–Trinajstić information content (AvgIpc) is 2.90. The van der Waals surface area contributed by atoms with Crippen molar-refractivity contribution in [2.45, 2.75) is 6.54 Å². The predicted molar refractivity (Wildman–Crippen MR) is 90.6 cm³/mol. The monoisotopic (exact) mass is 399 g/mol. The number of nitrogens with zero attached hydrogens (tertiary/aromatic N) is 1. The normalized spacial score (nSPS) is 10.9. The minimum Gasteiger partial charge on any atom is -0.382 e. The van der Waals surface area contributed by atoms with E-state index < -0.39 is 0 Å². The van der Waals surface area contributed by atoms with Gasteiger partial charge in [0.05, 0.1) is 26.4 Å². The maximum atomic E-state index is 5.35. The second-order valence-corrected chi connectivity index (χ2v) is 4.57. The number of thiophene rings is 1. The maximum absolute atomic E-state index is 5.35. The van der Waals surface area contributed by atoms with Gasteiger partial charge in [-0.25, -0.2) is 0 Å². The largest absolute Gasteiger partial charge is 0.382 e. The third kappa shape index (κ3) is 9.20. The van der Waals surface area contributed by atoms with Crippen LogP contribution >= 0.6 is 35.3 Å². The standard InChI is InChI=1S/C12H21N3O2S.HI/c1-13-12(14-5-6-17-8-7-16-2)15-10-11-4-3-9-18-11;/h3-4,9H,5-8,10H2,1-2H3,(H2,13,14,15);1H. The molecule has 2 N–H and O–H groups in total. The van der Waals surface area contributed by atoms with Gasteiger partial charge in [0, 0.05) is 25.6 Å². The number of hydrogen-bond donors (Lipinski definition) is 2. The van der Waals surface area contributed by atoms with Crippen LogP contribution < -0.4 is 10.6 Å². The SMILES string of the molecule is CN=C(NCCOCCOC)NCc1cccs1.I. The minimum absolute atomic E-state index is 0. The molecule has 0 spiro atoms. The van der Waals surface area contributed by atoms with E-state index >= 15 is 0 Å². The minimum atomic E-state index is 0. The highest BCUT2D eigenvalue weighted by molar-refractivity contribution is 14.0. The summed E-state index contributed by atoms with van der Waals surface area (Å²) >= 11 is 1.73. The highest BCUT2D eigenvalue weighted by atomic mass is 127. The second kappa shape index (κ2) is 12.6. The van der Waals surface area contributed by atoms with E-state index in [1.807, 2.05) is 6.07 Å². The van der Waals surface area contributed by atoms with Gasteiger partial charge in [0.1, 0.15) is 0 Å². The van der Waals surface area contributed by atoms with Gasteiger partial charge < -0.3 is 20.1 Å². The highest BCUT2D eigenvalue weighted by Crippen LogP contribution is 2.06. The van der Waals surface area contributed by atoms with Crippen molar-refractivity contribution in [2.24, 2.45) is 4.99 Å². The molecule has 0 fully saturated rings. The van der Waals surface area contributed by atoms with Crippen molar-refractivity contribution in [3.05, 3.63) is 22.4 Å². The van der Waals surface area contributed by atoms with E-state index in [1.54, 1.807) is 25.5 Å². The molecule has 1 aromatic heterocycles. The van der Waals surface area contributed by atoms with Crippen LogP contribution in [0.2, 0.25) is 0 Å². The first-order valence-corrected chi connectivity index (χ1v) is 6.78. The summed E-state index contributed by atoms with van der Waals surface area (Å²) in [7, 11) is 3.42. The van der Waals surface area contributed by atoms with Crippen molar-refractivity contribution in [1.29, 1.82) is 0 Å². The van der Waals surface area contributed by atoms with Gasteiger partial charge in [0.15, 0.2) is 5.96 Å². The Hall–Kier alpha value is -0.380. The summed E-state index contributed by atoms with van der Waals surface area (Å²) in [6.07, 6.45) is 0. The first-order chi connectivity index (χ1) is 8.86. The van der Waals surface area contributed by atoms with Crippen molar-refractivity contribution in [2.75, 3.05) is 40.5 Å². The zero-order chi connectivity index (χ0) is 13.1. The van der Waals surface area contributed by atoms with Gasteiger partial charge >= 0.3 is 0 Å². The molecule has 1 rings (SSSR count). The molecule has 0 aliphatic carbocycles. The van der Waals surface area contributed by atoms with Crippen LogP contribution in [0.5, 0.6) is 0 Å². The Labute approximate surface area is 135 Å². The molecule has 1 aromatic rings. The smallest absolute Gasteiger partial charge is 0.191 e. The van der Waals surface area contributed by atoms with Crippen LogP contribution in [-0.4, -0.2) is 46.5 Å². The summed E-state index contributed by atoms with van der Waals surface area (Å²) in [6.45, 7) is 3.42. The van der Waals surface area contributed by atoms with Crippen LogP contribution in [0.4, 0.5) is 0 Å². The lowest BCUT2D eigenvalue weighted by Crippen LogP contribution is -2.38. The maximum Gasteiger partial charge on any atom is 0.191 e. The Morgan fingerprint density at radius 1 is 1.32 bits per heavy atom. The Bertz CT molecular complexity index is 334. The molecule has 19 heavy (non-hydrogen) atoms. The molecule has 0 radical (unpaired) electrons. The van der Waals surface area contributed by atoms with Crippen molar-refractivity contribution >= 4 is 41.3 Å². The van der Waals surface area contributed by atoms with Gasteiger partial charge in [-0.2, -0.15) is 0 Å². The second-order valence-electron chi connectivity index (χ2n) is 3.54. The zero-order valence-corrected chi connectivity index (χ0v) is 14.5. The lowest BCUT2D eigenvalue weighted by molar-refractivity contribution is 0.0733. The number of aliphatic imine (C=N–C) groups is 1. The van der Waals surface area contributed by atoms with Crippen LogP contribution in [0.1, 0.15) is 4.88 Å². The fourth-order valence-corrected chi connectivity index (χ4v) is 1.94. The molecule has 0 unspecified atom stereocenters. The van der Waals surface area contributed by atoms with Crippen molar-refractivity contribution in [3.63, 3.8) is 0 Å². The van der Waals surface area contributed by atoms with Crippen molar-refractivity contribution < 1.29 is 9.47 Å². The van der Waals surface area contributed by atoms with Gasteiger partial charge in [0.25, 0.3) is 0 Å². The van der Waals surface area contributed by atoms with Crippen molar-refractivity contribution in [3.8, 4) is 0 Å². The van der Waals surface area contributed by atoms with Crippen LogP contribution in [0, 0.1) is 0 Å². The number of methoxy groups -OCH3 is 1. The first kappa shape index (κ1) is 18.6. The molecule has 0 atom stereocenters. The highest BCUT2D eigenvalue weighted by Gasteiger charge is 1.98. The van der Waals surface area contributed by atoms with E-state index in [4.69, 9.17) is 9.47 Å². The molecule has 0 saturated carbocycles. The first-order valence-electron chi connectivity index (χ1n) is 5.90. The van der Waals surface area contributed by atoms with Gasteiger partial charge in [-0.05, 0) is 11.4 Å². The molecule has 0 bridgehead atoms. The van der Waals surface area contributed by atoms with Crippen LogP contribution in [0.15, 0.2) is 22.5 Å². The average molecular weight is 399 g/mol. The molecular formula is C12H22IN3O2S. The van der Waals surface area contributed by atoms with E-state index in [9.17, 15) is 0 Å². The van der Waals surface area contributed by atoms with Gasteiger partial charge in [-0.15, -0.1) is 35.3 Å². The molecule has 7 heteroatoms. The third-order valence-corrected chi connectivity index (χ3v) is 3.08. The molecule has 0 aliphatic heterocycles. The zero-order valence-electron chi connectivity index (χ0n) is 11.3. The summed E-state index contributed by atoms with van der Waals surface area (Å²) in [5, 5.41) is 8.50. The van der Waals surface area contributed by atoms with Crippen molar-refractivity contribution in [1.82, 2.24) is 10.6 Å². The van der Waals surface area contributed by atoms with Gasteiger partial charge in [0.2, 0.25) is 0 Å². The number of ether oxygens (including phenoxy) is 2. The number of guanidine groups is 1. The van der Waals surface area contributed by atoms with E-state index in [1.165, 1.54) is 4.88 Å². The molecule has 5 nitrogen and oxygen atoms in total. The Balaban J connectivity index is 0.00000324. The number of rotatable bonds is 8. The summed E-state index contributed by atoms with van der Waals surface area (Å²) in [5.74, 6) is 0.791. The topological polar surface area (TPSA) is 54.9 Å². The van der Waals surface area contributed by atoms with Gasteiger partial charge in [-0.3, -0.25) is 4.99 Å². The molecule has 1 heterocycles. The number of halogens is 1. The fraction of sp³-hybridized carbons (Fsp3) is 0.583. The molecule has 0 amide bonds. The van der Waals surface area contributed by atoms with Crippen LogP contribution in [0.25, 0.3) is 0 Å². The lowest BCUT2D eigenvalue weighted by Gasteiger charge is -2.11. The summed E-state index contributed by atoms with van der Waals surface area (Å²) in [6, 6.07) is 4.14. The molecule has 0 saturated heterocycles. The molecular weight excluding hydrogens is 377 g/mol. The molecule has 110 valence electrons. The van der Waals surface area contributed by atoms with E-state index in [2.05, 4.69) is 27.1 Å². The quantitative estimate of drug-likeness (QED) is 0.303. The van der Waals surface area contributed by atoms with E-state index in [0.717, 1.165) is 19.0 Å². The van der Waals surface area contributed by atoms with Crippen LogP contribution in [0.3, 0.4) is 0 Å². The summed E-state index contributed by atoms with van der Waals surface area (Å²) in [5.41, 5.74) is 0. The van der Waals surface area contributed by atoms with Crippen LogP contribution in [-0.2, 0) is 16.0 Å². The Morgan fingerprint density at radius 2 is 2.16 bits per heavy atom. The number of hydrogen-bond acceptors (Lipinski definition) is 4. The van der Waals surface area contributed by atoms with E-state index in [0.29, 0.717) is 19.8 Å². The number of nitrogens with one attached hydrogen (secondary N) is 2.